The van der Waals surface area contributed by atoms with E-state index in [1.807, 2.05) is 0 Å². The lowest BCUT2D eigenvalue weighted by Gasteiger charge is -2.02. The Labute approximate surface area is 85.5 Å². The topological polar surface area (TPSA) is 78.0 Å². The molecular formula is C8H8FN3O2S. The van der Waals surface area contributed by atoms with Crippen molar-refractivity contribution in [1.82, 2.24) is 8.96 Å². The van der Waals surface area contributed by atoms with Crippen LogP contribution in [-0.2, 0) is 16.9 Å². The zero-order chi connectivity index (χ0) is 11.1. The average molecular weight is 229 g/mol. The van der Waals surface area contributed by atoms with E-state index < -0.39 is 16.9 Å². The van der Waals surface area contributed by atoms with Crippen LogP contribution >= 0.6 is 0 Å². The maximum absolute atomic E-state index is 12.6. The van der Waals surface area contributed by atoms with Crippen molar-refractivity contribution in [2.45, 2.75) is 6.67 Å². The van der Waals surface area contributed by atoms with Crippen molar-refractivity contribution in [3.8, 4) is 0 Å². The Morgan fingerprint density at radius 1 is 1.40 bits per heavy atom. The molecule has 0 fully saturated rings. The molecule has 0 unspecified atom stereocenters. The second kappa shape index (κ2) is 3.28. The molecule has 0 aliphatic carbocycles. The van der Waals surface area contributed by atoms with Crippen molar-refractivity contribution < 1.29 is 12.8 Å². The molecule has 5 nitrogen and oxygen atoms in total. The van der Waals surface area contributed by atoms with Gasteiger partial charge in [-0.3, -0.25) is 0 Å². The number of imidazole rings is 1. The third kappa shape index (κ3) is 1.59. The van der Waals surface area contributed by atoms with Crippen LogP contribution in [0, 0.1) is 0 Å². The first kappa shape index (κ1) is 10.1. The number of hydrogen-bond acceptors (Lipinski definition) is 3. The van der Waals surface area contributed by atoms with E-state index >= 15 is 0 Å². The lowest BCUT2D eigenvalue weighted by atomic mass is 10.3. The van der Waals surface area contributed by atoms with Crippen molar-refractivity contribution in [3.63, 3.8) is 0 Å². The number of rotatable bonds is 2. The van der Waals surface area contributed by atoms with Gasteiger partial charge in [0.1, 0.15) is 6.67 Å². The molecule has 0 atom stereocenters. The fourth-order valence-electron chi connectivity index (χ4n) is 1.42. The van der Waals surface area contributed by atoms with E-state index in [9.17, 15) is 12.8 Å². The van der Waals surface area contributed by atoms with Crippen LogP contribution in [0.2, 0.25) is 0 Å². The van der Waals surface area contributed by atoms with Gasteiger partial charge in [0.05, 0.1) is 11.0 Å². The Kier molecular flexibility index (Phi) is 2.20. The minimum Gasteiger partial charge on any atom is -0.242 e. The van der Waals surface area contributed by atoms with Crippen LogP contribution in [0.1, 0.15) is 5.82 Å². The fourth-order valence-corrected chi connectivity index (χ4v) is 2.23. The molecule has 0 aliphatic rings. The van der Waals surface area contributed by atoms with Crippen LogP contribution < -0.4 is 5.14 Å². The van der Waals surface area contributed by atoms with Gasteiger partial charge in [0.25, 0.3) is 0 Å². The molecule has 0 radical (unpaired) electrons. The molecule has 1 aromatic carbocycles. The number of halogens is 1. The van der Waals surface area contributed by atoms with Crippen LogP contribution in [0.5, 0.6) is 0 Å². The summed E-state index contributed by atoms with van der Waals surface area (Å²) < 4.78 is 35.7. The van der Waals surface area contributed by atoms with Crippen molar-refractivity contribution in [3.05, 3.63) is 30.1 Å². The smallest absolute Gasteiger partial charge is 0.242 e. The summed E-state index contributed by atoms with van der Waals surface area (Å²) in [5.41, 5.74) is 0.687. The molecule has 1 aromatic heterocycles. The standard InChI is InChI=1S/C8H8FN3O2S/c9-5-8-11-6-3-1-2-4-7(6)12(8)15(10,13)14/h1-4H,5H2,(H2,10,13,14). The summed E-state index contributed by atoms with van der Waals surface area (Å²) in [7, 11) is -4.01. The molecule has 2 aromatic rings. The van der Waals surface area contributed by atoms with Gasteiger partial charge in [-0.1, -0.05) is 12.1 Å². The number of aromatic nitrogens is 2. The molecule has 1 heterocycles. The van der Waals surface area contributed by atoms with E-state index in [1.54, 1.807) is 18.2 Å². The Hall–Kier alpha value is -1.47. The number of benzene rings is 1. The summed E-state index contributed by atoms with van der Waals surface area (Å²) in [5.74, 6) is -0.210. The molecule has 15 heavy (non-hydrogen) atoms. The van der Waals surface area contributed by atoms with Gasteiger partial charge in [-0.2, -0.15) is 8.42 Å². The Balaban J connectivity index is 2.91. The maximum Gasteiger partial charge on any atom is 0.304 e. The van der Waals surface area contributed by atoms with Gasteiger partial charge < -0.3 is 0 Å². The zero-order valence-electron chi connectivity index (χ0n) is 7.59. The van der Waals surface area contributed by atoms with Crippen LogP contribution in [0.4, 0.5) is 4.39 Å². The van der Waals surface area contributed by atoms with Crippen LogP contribution in [0.25, 0.3) is 11.0 Å². The van der Waals surface area contributed by atoms with Crippen molar-refractivity contribution in [2.75, 3.05) is 0 Å². The summed E-state index contributed by atoms with van der Waals surface area (Å²) in [6, 6.07) is 6.43. The second-order valence-corrected chi connectivity index (χ2v) is 4.35. The monoisotopic (exact) mass is 229 g/mol. The first-order valence-corrected chi connectivity index (χ1v) is 5.60. The molecule has 0 amide bonds. The number of fused-ring (bicyclic) bond motifs is 1. The Morgan fingerprint density at radius 2 is 2.07 bits per heavy atom. The van der Waals surface area contributed by atoms with Crippen molar-refractivity contribution in [2.24, 2.45) is 5.14 Å². The van der Waals surface area contributed by atoms with Crippen molar-refractivity contribution in [1.29, 1.82) is 0 Å². The second-order valence-electron chi connectivity index (χ2n) is 2.96. The number of para-hydroxylation sites is 2. The number of nitrogens with zero attached hydrogens (tertiary/aromatic N) is 2. The van der Waals surface area contributed by atoms with Gasteiger partial charge in [0, 0.05) is 0 Å². The number of hydrogen-bond donors (Lipinski definition) is 1. The predicted octanol–water partition coefficient (Wildman–Crippen LogP) is 0.557. The van der Waals surface area contributed by atoms with Gasteiger partial charge >= 0.3 is 10.2 Å². The third-order valence-corrected chi connectivity index (χ3v) is 2.87. The summed E-state index contributed by atoms with van der Waals surface area (Å²) >= 11 is 0. The van der Waals surface area contributed by atoms with Gasteiger partial charge in [-0.15, -0.1) is 0 Å². The fraction of sp³-hybridized carbons (Fsp3) is 0.125. The summed E-state index contributed by atoms with van der Waals surface area (Å²) in [4.78, 5) is 3.83. The number of nitrogens with two attached hydrogens (primary N) is 1. The SMILES string of the molecule is NS(=O)(=O)n1c(CF)nc2ccccc21. The molecule has 0 saturated heterocycles. The van der Waals surface area contributed by atoms with E-state index in [2.05, 4.69) is 4.98 Å². The van der Waals surface area contributed by atoms with E-state index in [-0.39, 0.29) is 11.3 Å². The van der Waals surface area contributed by atoms with E-state index in [4.69, 9.17) is 5.14 Å². The van der Waals surface area contributed by atoms with E-state index in [0.717, 1.165) is 0 Å². The molecule has 0 spiro atoms. The van der Waals surface area contributed by atoms with Crippen LogP contribution in [0.3, 0.4) is 0 Å². The van der Waals surface area contributed by atoms with Gasteiger partial charge in [0.15, 0.2) is 5.82 Å². The van der Waals surface area contributed by atoms with Gasteiger partial charge in [0.2, 0.25) is 0 Å². The Bertz CT molecular complexity index is 605. The molecule has 0 bridgehead atoms. The maximum atomic E-state index is 12.6. The summed E-state index contributed by atoms with van der Waals surface area (Å²) in [5, 5.41) is 4.97. The predicted molar refractivity (Wildman–Crippen MR) is 53.1 cm³/mol. The highest BCUT2D eigenvalue weighted by molar-refractivity contribution is 7.87. The molecule has 0 saturated carbocycles. The van der Waals surface area contributed by atoms with Crippen LogP contribution in [0.15, 0.2) is 24.3 Å². The minimum absolute atomic E-state index is 0.210. The number of alkyl halides is 1. The quantitative estimate of drug-likeness (QED) is 0.817. The summed E-state index contributed by atoms with van der Waals surface area (Å²) in [6.07, 6.45) is 0. The highest BCUT2D eigenvalue weighted by Crippen LogP contribution is 2.17. The highest BCUT2D eigenvalue weighted by atomic mass is 32.2. The first-order valence-electron chi connectivity index (χ1n) is 4.09. The highest BCUT2D eigenvalue weighted by Gasteiger charge is 2.17. The molecule has 80 valence electrons. The largest absolute Gasteiger partial charge is 0.304 e. The van der Waals surface area contributed by atoms with E-state index in [1.165, 1.54) is 6.07 Å². The summed E-state index contributed by atoms with van der Waals surface area (Å²) in [6.45, 7) is -0.981. The first-order chi connectivity index (χ1) is 7.04. The van der Waals surface area contributed by atoms with Crippen LogP contribution in [-0.4, -0.2) is 17.4 Å². The van der Waals surface area contributed by atoms with Gasteiger partial charge in [-0.05, 0) is 12.1 Å². The third-order valence-electron chi connectivity index (χ3n) is 1.96. The molecular weight excluding hydrogens is 221 g/mol. The molecule has 2 rings (SSSR count). The van der Waals surface area contributed by atoms with Crippen molar-refractivity contribution >= 4 is 21.2 Å². The average Bonchev–Trinajstić information content (AvgIpc) is 2.54. The zero-order valence-corrected chi connectivity index (χ0v) is 8.41. The molecule has 2 N–H and O–H groups in total. The Morgan fingerprint density at radius 3 is 2.67 bits per heavy atom. The normalized spacial score (nSPS) is 12.1. The molecule has 0 aliphatic heterocycles. The lowest BCUT2D eigenvalue weighted by Crippen LogP contribution is -2.23. The molecule has 7 heteroatoms. The van der Waals surface area contributed by atoms with Gasteiger partial charge in [-0.25, -0.2) is 18.5 Å². The minimum atomic E-state index is -4.01. The van der Waals surface area contributed by atoms with E-state index in [0.29, 0.717) is 9.49 Å². The lowest BCUT2D eigenvalue weighted by molar-refractivity contribution is 0.463.